The van der Waals surface area contributed by atoms with E-state index < -0.39 is 12.7 Å². The van der Waals surface area contributed by atoms with Crippen LogP contribution in [0.1, 0.15) is 0 Å². The van der Waals surface area contributed by atoms with Gasteiger partial charge in [0.2, 0.25) is 12.7 Å². The summed E-state index contributed by atoms with van der Waals surface area (Å²) in [6.45, 7) is -1.14. The van der Waals surface area contributed by atoms with E-state index in [-0.39, 0.29) is 0 Å². The second-order valence-electron chi connectivity index (χ2n) is 1.60. The molecule has 10 heavy (non-hydrogen) atoms. The number of alkyl halides is 3. The zero-order valence-corrected chi connectivity index (χ0v) is 4.68. The fourth-order valence-corrected chi connectivity index (χ4v) is 0.425. The van der Waals surface area contributed by atoms with Crippen LogP contribution in [0.15, 0.2) is 0 Å². The summed E-state index contributed by atoms with van der Waals surface area (Å²) >= 11 is 0. The highest BCUT2D eigenvalue weighted by atomic mass is 19.4. The summed E-state index contributed by atoms with van der Waals surface area (Å²) in [5, 5.41) is 6.08. The fourth-order valence-electron chi connectivity index (χ4n) is 0.425. The molecular weight excluding hydrogens is 147 g/mol. The van der Waals surface area contributed by atoms with Gasteiger partial charge in [-0.2, -0.15) is 13.2 Å². The third kappa shape index (κ3) is 2.04. The van der Waals surface area contributed by atoms with Gasteiger partial charge in [-0.15, -0.1) is 10.2 Å². The maximum Gasteiger partial charge on any atom is 0.406 e. The SMILES string of the molecule is FC(F)(F)Cn1[c]nn[c]1. The molecule has 0 aliphatic carbocycles. The largest absolute Gasteiger partial charge is 0.406 e. The molecule has 1 aromatic heterocycles. The van der Waals surface area contributed by atoms with Gasteiger partial charge in [0.15, 0.2) is 0 Å². The third-order valence-corrected chi connectivity index (χ3v) is 0.718. The predicted octanol–water partition coefficient (Wildman–Crippen LogP) is 0.441. The average Bonchev–Trinajstić information content (AvgIpc) is 2.12. The Kier molecular flexibility index (Phi) is 1.60. The topological polar surface area (TPSA) is 30.7 Å². The first-order valence-electron chi connectivity index (χ1n) is 2.33. The van der Waals surface area contributed by atoms with Crippen LogP contribution >= 0.6 is 0 Å². The van der Waals surface area contributed by atoms with Gasteiger partial charge in [0.05, 0.1) is 0 Å². The highest BCUT2D eigenvalue weighted by Crippen LogP contribution is 2.15. The van der Waals surface area contributed by atoms with Crippen LogP contribution in [0.3, 0.4) is 0 Å². The molecule has 0 unspecified atom stereocenters. The first-order chi connectivity index (χ1) is 4.58. The summed E-state index contributed by atoms with van der Waals surface area (Å²) in [6, 6.07) is 0. The molecule has 6 heteroatoms. The van der Waals surface area contributed by atoms with Crippen LogP contribution in [0.4, 0.5) is 13.2 Å². The predicted molar refractivity (Wildman–Crippen MR) is 23.7 cm³/mol. The van der Waals surface area contributed by atoms with E-state index in [1.165, 1.54) is 0 Å². The van der Waals surface area contributed by atoms with Gasteiger partial charge in [-0.1, -0.05) is 0 Å². The summed E-state index contributed by atoms with van der Waals surface area (Å²) in [7, 11) is 0. The maximum atomic E-state index is 11.5. The second-order valence-corrected chi connectivity index (χ2v) is 1.60. The van der Waals surface area contributed by atoms with Crippen molar-refractivity contribution in [2.24, 2.45) is 0 Å². The lowest BCUT2D eigenvalue weighted by Crippen LogP contribution is -2.16. The Labute approximate surface area is 54.5 Å². The van der Waals surface area contributed by atoms with Crippen molar-refractivity contribution in [2.75, 3.05) is 0 Å². The molecule has 0 N–H and O–H groups in total. The molecule has 0 amide bonds. The molecule has 0 aliphatic heterocycles. The van der Waals surface area contributed by atoms with Gasteiger partial charge < -0.3 is 0 Å². The highest BCUT2D eigenvalue weighted by molar-refractivity contribution is 4.59. The van der Waals surface area contributed by atoms with Crippen LogP contribution in [0, 0.1) is 12.7 Å². The Hall–Kier alpha value is -1.07. The van der Waals surface area contributed by atoms with Gasteiger partial charge in [-0.05, 0) is 0 Å². The maximum absolute atomic E-state index is 11.5. The molecule has 2 radical (unpaired) electrons. The van der Waals surface area contributed by atoms with Gasteiger partial charge in [-0.25, -0.2) is 0 Å². The van der Waals surface area contributed by atoms with E-state index in [2.05, 4.69) is 10.2 Å². The van der Waals surface area contributed by atoms with Crippen molar-refractivity contribution in [3.63, 3.8) is 0 Å². The first-order valence-corrected chi connectivity index (χ1v) is 2.33. The fraction of sp³-hybridized carbons (Fsp3) is 0.500. The van der Waals surface area contributed by atoms with Crippen molar-refractivity contribution in [1.29, 1.82) is 0 Å². The Bertz CT molecular complexity index is 190. The van der Waals surface area contributed by atoms with Gasteiger partial charge >= 0.3 is 6.18 Å². The molecule has 0 saturated heterocycles. The zero-order chi connectivity index (χ0) is 7.61. The molecule has 0 aliphatic rings. The number of aromatic nitrogens is 3. The Morgan fingerprint density at radius 1 is 1.20 bits per heavy atom. The highest BCUT2D eigenvalue weighted by Gasteiger charge is 2.27. The summed E-state index contributed by atoms with van der Waals surface area (Å²) in [5.41, 5.74) is 0. The minimum Gasteiger partial charge on any atom is -0.292 e. The summed E-state index contributed by atoms with van der Waals surface area (Å²) in [5.74, 6) is 0. The molecule has 3 nitrogen and oxygen atoms in total. The zero-order valence-electron chi connectivity index (χ0n) is 4.68. The molecule has 1 rings (SSSR count). The molecule has 54 valence electrons. The number of hydrogen-bond donors (Lipinski definition) is 0. The Morgan fingerprint density at radius 2 is 1.70 bits per heavy atom. The minimum atomic E-state index is -4.25. The molecule has 0 atom stereocenters. The van der Waals surface area contributed by atoms with Crippen LogP contribution in [-0.4, -0.2) is 20.9 Å². The number of halogens is 3. The van der Waals surface area contributed by atoms with Crippen LogP contribution in [-0.2, 0) is 6.54 Å². The van der Waals surface area contributed by atoms with Crippen LogP contribution in [0.5, 0.6) is 0 Å². The molecule has 0 bridgehead atoms. The monoisotopic (exact) mass is 149 g/mol. The summed E-state index contributed by atoms with van der Waals surface area (Å²) in [4.78, 5) is 0. The molecule has 0 aromatic carbocycles. The lowest BCUT2D eigenvalue weighted by molar-refractivity contribution is -0.140. The number of rotatable bonds is 1. The van der Waals surface area contributed by atoms with Gasteiger partial charge in [0, 0.05) is 0 Å². The van der Waals surface area contributed by atoms with Crippen LogP contribution in [0.25, 0.3) is 0 Å². The van der Waals surface area contributed by atoms with Crippen molar-refractivity contribution >= 4 is 0 Å². The number of hydrogen-bond acceptors (Lipinski definition) is 2. The molecule has 0 fully saturated rings. The van der Waals surface area contributed by atoms with Crippen molar-refractivity contribution in [2.45, 2.75) is 12.7 Å². The molecule has 0 saturated carbocycles. The van der Waals surface area contributed by atoms with E-state index in [0.29, 0.717) is 4.57 Å². The normalized spacial score (nSPS) is 11.9. The van der Waals surface area contributed by atoms with E-state index in [9.17, 15) is 13.2 Å². The summed E-state index contributed by atoms with van der Waals surface area (Å²) < 4.78 is 35.1. The van der Waals surface area contributed by atoms with Crippen molar-refractivity contribution < 1.29 is 13.2 Å². The third-order valence-electron chi connectivity index (χ3n) is 0.718. The van der Waals surface area contributed by atoms with Gasteiger partial charge in [0.25, 0.3) is 0 Å². The van der Waals surface area contributed by atoms with E-state index in [4.69, 9.17) is 0 Å². The minimum absolute atomic E-state index is 0.611. The van der Waals surface area contributed by atoms with E-state index >= 15 is 0 Å². The average molecular weight is 149 g/mol. The van der Waals surface area contributed by atoms with Crippen LogP contribution < -0.4 is 0 Å². The standard InChI is InChI=1S/C4H2F3N3/c5-4(6,7)1-10-2-8-9-3-10/h1H2. The molecule has 1 aromatic rings. The van der Waals surface area contributed by atoms with Gasteiger partial charge in [0.1, 0.15) is 6.54 Å². The Morgan fingerprint density at radius 3 is 2.10 bits per heavy atom. The second kappa shape index (κ2) is 2.28. The van der Waals surface area contributed by atoms with Gasteiger partial charge in [-0.3, -0.25) is 4.57 Å². The first kappa shape index (κ1) is 7.04. The molecule has 0 spiro atoms. The molecular formula is C4H2F3N3. The van der Waals surface area contributed by atoms with E-state index in [0.717, 1.165) is 0 Å². The lowest BCUT2D eigenvalue weighted by atomic mass is 10.6. The van der Waals surface area contributed by atoms with Crippen LogP contribution in [0.2, 0.25) is 0 Å². The van der Waals surface area contributed by atoms with Crippen molar-refractivity contribution in [3.05, 3.63) is 12.7 Å². The van der Waals surface area contributed by atoms with E-state index in [1.54, 1.807) is 0 Å². The van der Waals surface area contributed by atoms with Crippen molar-refractivity contribution in [3.8, 4) is 0 Å². The lowest BCUT2D eigenvalue weighted by Gasteiger charge is -2.03. The quantitative estimate of drug-likeness (QED) is 0.580. The smallest absolute Gasteiger partial charge is 0.292 e. The Balaban J connectivity index is 2.57. The van der Waals surface area contributed by atoms with Crippen molar-refractivity contribution in [1.82, 2.24) is 14.8 Å². The summed E-state index contributed by atoms with van der Waals surface area (Å²) in [6.07, 6.45) is -0.307. The number of nitrogens with zero attached hydrogens (tertiary/aromatic N) is 3. The van der Waals surface area contributed by atoms with E-state index in [1.807, 2.05) is 12.7 Å². The molecule has 1 heterocycles.